The van der Waals surface area contributed by atoms with Crippen LogP contribution in [0.1, 0.15) is 78.1 Å². The van der Waals surface area contributed by atoms with E-state index in [4.69, 9.17) is 9.47 Å². The maximum absolute atomic E-state index is 11.7. The zero-order chi connectivity index (χ0) is 21.4. The van der Waals surface area contributed by atoms with Gasteiger partial charge < -0.3 is 29.9 Å². The molecule has 0 saturated heterocycles. The van der Waals surface area contributed by atoms with Crippen LogP contribution in [0.15, 0.2) is 0 Å². The first-order chi connectivity index (χ1) is 13.3. The van der Waals surface area contributed by atoms with E-state index < -0.39 is 36.4 Å². The van der Waals surface area contributed by atoms with Gasteiger partial charge in [-0.25, -0.2) is 9.59 Å². The molecule has 166 valence electrons. The van der Waals surface area contributed by atoms with Gasteiger partial charge in [-0.2, -0.15) is 0 Å². The van der Waals surface area contributed by atoms with Crippen LogP contribution in [0.3, 0.4) is 0 Å². The Morgan fingerprint density at radius 3 is 1.29 bits per heavy atom. The van der Waals surface area contributed by atoms with Gasteiger partial charge in [-0.1, -0.05) is 39.5 Å². The van der Waals surface area contributed by atoms with E-state index in [0.29, 0.717) is 38.5 Å². The number of hydrogen-bond donors (Lipinski definition) is 4. The Hall–Kier alpha value is -1.22. The lowest BCUT2D eigenvalue weighted by molar-refractivity contribution is -0.173. The van der Waals surface area contributed by atoms with Crippen molar-refractivity contribution in [2.24, 2.45) is 0 Å². The molecule has 0 aromatic rings. The minimum absolute atomic E-state index is 0.0174. The van der Waals surface area contributed by atoms with Crippen LogP contribution in [-0.4, -0.2) is 70.0 Å². The molecule has 0 fully saturated rings. The van der Waals surface area contributed by atoms with Crippen LogP contribution in [-0.2, 0) is 19.1 Å². The van der Waals surface area contributed by atoms with E-state index in [-0.39, 0.29) is 13.2 Å². The average Bonchev–Trinajstić information content (AvgIpc) is 2.69. The van der Waals surface area contributed by atoms with Gasteiger partial charge in [-0.3, -0.25) is 0 Å². The van der Waals surface area contributed by atoms with Crippen molar-refractivity contribution in [3.63, 3.8) is 0 Å². The van der Waals surface area contributed by atoms with Crippen molar-refractivity contribution in [2.75, 3.05) is 13.2 Å². The Labute approximate surface area is 167 Å². The molecule has 0 rings (SSSR count). The minimum atomic E-state index is -2.02. The molecule has 0 radical (unpaired) electrons. The third-order valence-corrected chi connectivity index (χ3v) is 4.42. The second kappa shape index (κ2) is 16.7. The first-order valence-electron chi connectivity index (χ1n) is 10.4. The fraction of sp³-hybridized carbons (Fsp3) is 0.900. The van der Waals surface area contributed by atoms with Gasteiger partial charge in [0, 0.05) is 0 Å². The highest BCUT2D eigenvalue weighted by atomic mass is 16.6. The molecule has 0 aromatic carbocycles. The molecule has 4 atom stereocenters. The molecule has 0 amide bonds. The number of hydrogen-bond acceptors (Lipinski definition) is 8. The molecule has 4 N–H and O–H groups in total. The average molecular weight is 407 g/mol. The zero-order valence-corrected chi connectivity index (χ0v) is 17.2. The van der Waals surface area contributed by atoms with Crippen molar-refractivity contribution in [1.82, 2.24) is 0 Å². The third-order valence-electron chi connectivity index (χ3n) is 4.42. The highest BCUT2D eigenvalue weighted by molar-refractivity contribution is 5.85. The van der Waals surface area contributed by atoms with Gasteiger partial charge in [0.05, 0.1) is 25.4 Å². The smallest absolute Gasteiger partial charge is 0.338 e. The monoisotopic (exact) mass is 406 g/mol. The Balaban J connectivity index is 3.96. The van der Waals surface area contributed by atoms with Crippen molar-refractivity contribution in [2.45, 2.75) is 102 Å². The van der Waals surface area contributed by atoms with Gasteiger partial charge in [-0.15, -0.1) is 0 Å². The number of aliphatic hydroxyl groups excluding tert-OH is 4. The van der Waals surface area contributed by atoms with Gasteiger partial charge in [0.1, 0.15) is 0 Å². The van der Waals surface area contributed by atoms with E-state index in [2.05, 4.69) is 0 Å². The number of carbonyl (C=O) groups excluding carboxylic acids is 2. The van der Waals surface area contributed by atoms with Crippen molar-refractivity contribution >= 4 is 11.9 Å². The molecular weight excluding hydrogens is 368 g/mol. The molecule has 4 unspecified atom stereocenters. The summed E-state index contributed by atoms with van der Waals surface area (Å²) < 4.78 is 9.65. The summed E-state index contributed by atoms with van der Waals surface area (Å²) in [6.07, 6.45) is 2.04. The highest BCUT2D eigenvalue weighted by Crippen LogP contribution is 2.09. The van der Waals surface area contributed by atoms with Gasteiger partial charge in [0.25, 0.3) is 0 Å². The third kappa shape index (κ3) is 13.0. The van der Waals surface area contributed by atoms with Crippen LogP contribution in [0.2, 0.25) is 0 Å². The van der Waals surface area contributed by atoms with Gasteiger partial charge in [-0.05, 0) is 38.5 Å². The summed E-state index contributed by atoms with van der Waals surface area (Å²) in [7, 11) is 0. The topological polar surface area (TPSA) is 134 Å². The standard InChI is InChI=1S/C20H38O8/c1-3-5-9-15(21)11-7-13-27-19(25)17(23)18(24)20(26)28-14-8-12-16(22)10-6-4-2/h15-18,21-24H,3-14H2,1-2H3. The zero-order valence-electron chi connectivity index (χ0n) is 17.2. The second-order valence-corrected chi connectivity index (χ2v) is 7.10. The number of unbranched alkanes of at least 4 members (excludes halogenated alkanes) is 2. The first-order valence-corrected chi connectivity index (χ1v) is 10.4. The normalized spacial score (nSPS) is 15.5. The number of carbonyl (C=O) groups is 2. The molecule has 0 heterocycles. The Kier molecular flexibility index (Phi) is 16.0. The molecule has 0 aliphatic heterocycles. The molecule has 0 aliphatic rings. The summed E-state index contributed by atoms with van der Waals surface area (Å²) in [5.74, 6) is -2.22. The van der Waals surface area contributed by atoms with E-state index >= 15 is 0 Å². The largest absolute Gasteiger partial charge is 0.464 e. The Morgan fingerprint density at radius 2 is 0.964 bits per heavy atom. The fourth-order valence-corrected chi connectivity index (χ4v) is 2.58. The van der Waals surface area contributed by atoms with Crippen LogP contribution in [0, 0.1) is 0 Å². The van der Waals surface area contributed by atoms with E-state index in [9.17, 15) is 30.0 Å². The quantitative estimate of drug-likeness (QED) is 0.211. The van der Waals surface area contributed by atoms with Gasteiger partial charge in [0.15, 0.2) is 12.2 Å². The van der Waals surface area contributed by atoms with Crippen LogP contribution in [0.4, 0.5) is 0 Å². The molecule has 0 aliphatic carbocycles. The van der Waals surface area contributed by atoms with Crippen molar-refractivity contribution in [3.05, 3.63) is 0 Å². The van der Waals surface area contributed by atoms with E-state index in [0.717, 1.165) is 25.7 Å². The van der Waals surface area contributed by atoms with Crippen LogP contribution >= 0.6 is 0 Å². The maximum Gasteiger partial charge on any atom is 0.338 e. The SMILES string of the molecule is CCCCC(O)CCCOC(=O)C(O)C(O)C(=O)OCCCC(O)CCCC. The van der Waals surface area contributed by atoms with E-state index in [1.54, 1.807) is 0 Å². The van der Waals surface area contributed by atoms with E-state index in [1.165, 1.54) is 0 Å². The number of esters is 2. The van der Waals surface area contributed by atoms with Crippen LogP contribution in [0.25, 0.3) is 0 Å². The molecular formula is C20H38O8. The van der Waals surface area contributed by atoms with Gasteiger partial charge in [0.2, 0.25) is 0 Å². The maximum atomic E-state index is 11.7. The molecule has 8 heteroatoms. The number of aliphatic hydroxyl groups is 4. The Morgan fingerprint density at radius 1 is 0.643 bits per heavy atom. The molecule has 0 aromatic heterocycles. The van der Waals surface area contributed by atoms with Crippen molar-refractivity contribution in [1.29, 1.82) is 0 Å². The lowest BCUT2D eigenvalue weighted by Gasteiger charge is -2.16. The summed E-state index contributed by atoms with van der Waals surface area (Å²) in [4.78, 5) is 23.4. The second-order valence-electron chi connectivity index (χ2n) is 7.10. The lowest BCUT2D eigenvalue weighted by atomic mass is 10.1. The molecule has 0 bridgehead atoms. The fourth-order valence-electron chi connectivity index (χ4n) is 2.58. The summed E-state index contributed by atoms with van der Waals surface area (Å²) in [5, 5.41) is 38.8. The first kappa shape index (κ1) is 26.8. The predicted molar refractivity (Wildman–Crippen MR) is 103 cm³/mol. The van der Waals surface area contributed by atoms with Crippen LogP contribution in [0.5, 0.6) is 0 Å². The summed E-state index contributed by atoms with van der Waals surface area (Å²) >= 11 is 0. The van der Waals surface area contributed by atoms with Crippen molar-refractivity contribution < 1.29 is 39.5 Å². The van der Waals surface area contributed by atoms with Gasteiger partial charge >= 0.3 is 11.9 Å². The van der Waals surface area contributed by atoms with Crippen molar-refractivity contribution in [3.8, 4) is 0 Å². The molecule has 28 heavy (non-hydrogen) atoms. The molecule has 0 saturated carbocycles. The van der Waals surface area contributed by atoms with Crippen LogP contribution < -0.4 is 0 Å². The highest BCUT2D eigenvalue weighted by Gasteiger charge is 2.32. The molecule has 0 spiro atoms. The number of ether oxygens (including phenoxy) is 2. The summed E-state index contributed by atoms with van der Waals surface area (Å²) in [6, 6.07) is 0. The number of rotatable bonds is 17. The molecule has 8 nitrogen and oxygen atoms in total. The summed E-state index contributed by atoms with van der Waals surface area (Å²) in [6.45, 7) is 4.03. The lowest BCUT2D eigenvalue weighted by Crippen LogP contribution is -2.41. The summed E-state index contributed by atoms with van der Waals surface area (Å²) in [5.41, 5.74) is 0. The predicted octanol–water partition coefficient (Wildman–Crippen LogP) is 1.46. The van der Waals surface area contributed by atoms with E-state index in [1.807, 2.05) is 13.8 Å². The Bertz CT molecular complexity index is 377. The minimum Gasteiger partial charge on any atom is -0.464 e.